The van der Waals surface area contributed by atoms with Crippen LogP contribution < -0.4 is 0 Å². The predicted molar refractivity (Wildman–Crippen MR) is 153 cm³/mol. The number of carbonyl (C=O) groups is 2. The van der Waals surface area contributed by atoms with Gasteiger partial charge in [-0.05, 0) is 96.2 Å². The number of amides is 2. The summed E-state index contributed by atoms with van der Waals surface area (Å²) in [6, 6.07) is 3.91. The van der Waals surface area contributed by atoms with Crippen LogP contribution in [-0.4, -0.2) is 77.6 Å². The minimum absolute atomic E-state index is 0.116. The summed E-state index contributed by atoms with van der Waals surface area (Å²) in [6.45, 7) is 15.4. The molecule has 1 saturated carbocycles. The van der Waals surface area contributed by atoms with Gasteiger partial charge < -0.3 is 9.64 Å². The highest BCUT2D eigenvalue weighted by Gasteiger charge is 2.49. The van der Waals surface area contributed by atoms with Crippen molar-refractivity contribution in [2.75, 3.05) is 39.3 Å². The lowest BCUT2D eigenvalue weighted by molar-refractivity contribution is -0.121. The van der Waals surface area contributed by atoms with Gasteiger partial charge in [-0.2, -0.15) is 0 Å². The Bertz CT molecular complexity index is 1030. The Hall–Kier alpha value is -2.22. The van der Waals surface area contributed by atoms with Gasteiger partial charge in [-0.3, -0.25) is 14.6 Å². The van der Waals surface area contributed by atoms with Gasteiger partial charge in [0, 0.05) is 43.7 Å². The second kappa shape index (κ2) is 12.3. The van der Waals surface area contributed by atoms with Crippen LogP contribution in [0.1, 0.15) is 97.5 Å². The fourth-order valence-electron chi connectivity index (χ4n) is 7.18. The molecular weight excluding hydrogens is 512 g/mol. The molecule has 8 heteroatoms. The van der Waals surface area contributed by atoms with E-state index in [-0.39, 0.29) is 28.5 Å². The third-order valence-corrected chi connectivity index (χ3v) is 9.93. The van der Waals surface area contributed by atoms with Gasteiger partial charge in [0.1, 0.15) is 18.2 Å². The van der Waals surface area contributed by atoms with Crippen molar-refractivity contribution in [3.63, 3.8) is 0 Å². The molecule has 4 aliphatic rings. The SMILES string of the molecule is CC(C)(C)N1CC[C@H](c2ccc(F)cc2F)C1.CC1(C)COC(=O)N1CC1(C2CCCCC2)CCN(C=O)CC1. The quantitative estimate of drug-likeness (QED) is 0.381. The first-order chi connectivity index (χ1) is 18.8. The van der Waals surface area contributed by atoms with Crippen molar-refractivity contribution >= 4 is 12.5 Å². The number of nitrogens with zero attached hydrogens (tertiary/aromatic N) is 3. The molecule has 4 fully saturated rings. The van der Waals surface area contributed by atoms with Crippen molar-refractivity contribution in [1.29, 1.82) is 0 Å². The number of benzene rings is 1. The van der Waals surface area contributed by atoms with Gasteiger partial charge in [0.15, 0.2) is 0 Å². The molecule has 40 heavy (non-hydrogen) atoms. The molecule has 0 unspecified atom stereocenters. The Morgan fingerprint density at radius 1 is 1.02 bits per heavy atom. The molecule has 2 amide bonds. The zero-order chi connectivity index (χ0) is 29.1. The van der Waals surface area contributed by atoms with Gasteiger partial charge >= 0.3 is 6.09 Å². The summed E-state index contributed by atoms with van der Waals surface area (Å²) in [4.78, 5) is 29.5. The smallest absolute Gasteiger partial charge is 0.410 e. The molecule has 1 aromatic carbocycles. The van der Waals surface area contributed by atoms with Crippen molar-refractivity contribution in [2.24, 2.45) is 11.3 Å². The summed E-state index contributed by atoms with van der Waals surface area (Å²) in [7, 11) is 0. The first-order valence-electron chi connectivity index (χ1n) is 15.2. The Labute approximate surface area is 239 Å². The number of rotatable bonds is 5. The van der Waals surface area contributed by atoms with E-state index in [1.54, 1.807) is 6.07 Å². The van der Waals surface area contributed by atoms with Crippen LogP contribution in [0.5, 0.6) is 0 Å². The molecule has 0 spiro atoms. The van der Waals surface area contributed by atoms with Crippen LogP contribution in [0.15, 0.2) is 18.2 Å². The van der Waals surface area contributed by atoms with Crippen molar-refractivity contribution in [3.8, 4) is 0 Å². The number of cyclic esters (lactones) is 1. The maximum Gasteiger partial charge on any atom is 0.410 e. The second-order valence-electron chi connectivity index (χ2n) is 14.1. The summed E-state index contributed by atoms with van der Waals surface area (Å²) in [5.41, 5.74) is 0.699. The Morgan fingerprint density at radius 2 is 1.70 bits per heavy atom. The molecule has 0 N–H and O–H groups in total. The van der Waals surface area contributed by atoms with Crippen LogP contribution in [0.4, 0.5) is 13.6 Å². The highest BCUT2D eigenvalue weighted by Crippen LogP contribution is 2.47. The zero-order valence-corrected chi connectivity index (χ0v) is 25.2. The van der Waals surface area contributed by atoms with E-state index in [1.165, 1.54) is 38.2 Å². The highest BCUT2D eigenvalue weighted by molar-refractivity contribution is 5.71. The van der Waals surface area contributed by atoms with E-state index in [1.807, 2.05) is 9.80 Å². The van der Waals surface area contributed by atoms with Gasteiger partial charge in [-0.1, -0.05) is 25.3 Å². The van der Waals surface area contributed by atoms with Crippen molar-refractivity contribution in [1.82, 2.24) is 14.7 Å². The number of piperidine rings is 1. The Morgan fingerprint density at radius 3 is 2.23 bits per heavy atom. The van der Waals surface area contributed by atoms with Crippen molar-refractivity contribution in [2.45, 2.75) is 103 Å². The molecular formula is C32H49F2N3O3. The normalized spacial score (nSPS) is 25.4. The van der Waals surface area contributed by atoms with E-state index in [0.717, 1.165) is 64.5 Å². The maximum atomic E-state index is 13.7. The van der Waals surface area contributed by atoms with E-state index in [0.29, 0.717) is 18.1 Å². The van der Waals surface area contributed by atoms with E-state index in [4.69, 9.17) is 4.74 Å². The number of likely N-dealkylation sites (tertiary alicyclic amines) is 2. The molecule has 0 radical (unpaired) electrons. The van der Waals surface area contributed by atoms with Gasteiger partial charge in [0.2, 0.25) is 6.41 Å². The summed E-state index contributed by atoms with van der Waals surface area (Å²) < 4.78 is 31.8. The first-order valence-corrected chi connectivity index (χ1v) is 15.2. The van der Waals surface area contributed by atoms with E-state index in [2.05, 4.69) is 39.5 Å². The lowest BCUT2D eigenvalue weighted by Gasteiger charge is -2.50. The zero-order valence-electron chi connectivity index (χ0n) is 25.2. The number of ether oxygens (including phenoxy) is 1. The Kier molecular flexibility index (Phi) is 9.48. The highest BCUT2D eigenvalue weighted by atomic mass is 19.1. The molecule has 1 aromatic rings. The van der Waals surface area contributed by atoms with Crippen molar-refractivity contribution < 1.29 is 23.1 Å². The van der Waals surface area contributed by atoms with Gasteiger partial charge in [-0.15, -0.1) is 0 Å². The topological polar surface area (TPSA) is 53.1 Å². The van der Waals surface area contributed by atoms with Crippen LogP contribution in [0.2, 0.25) is 0 Å². The molecule has 224 valence electrons. The molecule has 6 nitrogen and oxygen atoms in total. The Balaban J connectivity index is 0.000000194. The van der Waals surface area contributed by atoms with Gasteiger partial charge in [0.25, 0.3) is 0 Å². The molecule has 5 rings (SSSR count). The summed E-state index contributed by atoms with van der Waals surface area (Å²) in [5, 5.41) is 0. The maximum absolute atomic E-state index is 13.7. The van der Waals surface area contributed by atoms with E-state index >= 15 is 0 Å². The van der Waals surface area contributed by atoms with Crippen LogP contribution in [0, 0.1) is 23.0 Å². The molecule has 1 aliphatic carbocycles. The standard InChI is InChI=1S/C18H30N2O3.C14H19F2N/c1-17(2)13-23-16(22)20(17)12-18(15-6-4-3-5-7-15)8-10-19(14-21)11-9-18;1-14(2,3)17-7-6-10(9-17)12-5-4-11(15)8-13(12)16/h14-15H,3-13H2,1-2H3;4-5,8,10H,6-7,9H2,1-3H3/t;10-/m.0/s1. The number of halogens is 2. The molecule has 0 bridgehead atoms. The third kappa shape index (κ3) is 6.97. The van der Waals surface area contributed by atoms with Crippen LogP contribution in [0.25, 0.3) is 0 Å². The van der Waals surface area contributed by atoms with Crippen LogP contribution in [-0.2, 0) is 9.53 Å². The third-order valence-electron chi connectivity index (χ3n) is 9.93. The molecule has 3 saturated heterocycles. The largest absolute Gasteiger partial charge is 0.447 e. The minimum Gasteiger partial charge on any atom is -0.447 e. The average molecular weight is 562 g/mol. The monoisotopic (exact) mass is 561 g/mol. The van der Waals surface area contributed by atoms with Crippen molar-refractivity contribution in [3.05, 3.63) is 35.4 Å². The molecule has 3 aliphatic heterocycles. The lowest BCUT2D eigenvalue weighted by Crippen LogP contribution is -2.54. The molecule has 1 atom stereocenters. The number of carbonyl (C=O) groups excluding carboxylic acids is 2. The lowest BCUT2D eigenvalue weighted by atomic mass is 9.63. The number of hydrogen-bond donors (Lipinski definition) is 0. The minimum atomic E-state index is -0.503. The average Bonchev–Trinajstić information content (AvgIpc) is 3.51. The summed E-state index contributed by atoms with van der Waals surface area (Å²) >= 11 is 0. The number of hydrogen-bond acceptors (Lipinski definition) is 4. The molecule has 0 aromatic heterocycles. The summed E-state index contributed by atoms with van der Waals surface area (Å²) in [5.74, 6) is -0.0493. The fraction of sp³-hybridized carbons (Fsp3) is 0.750. The first kappa shape index (κ1) is 30.7. The molecule has 3 heterocycles. The van der Waals surface area contributed by atoms with Crippen LogP contribution in [0.3, 0.4) is 0 Å². The van der Waals surface area contributed by atoms with Gasteiger partial charge in [0.05, 0.1) is 5.54 Å². The fourth-order valence-corrected chi connectivity index (χ4v) is 7.18. The van der Waals surface area contributed by atoms with Crippen LogP contribution >= 0.6 is 0 Å². The summed E-state index contributed by atoms with van der Waals surface area (Å²) in [6.07, 6.45) is 10.3. The second-order valence-corrected chi connectivity index (χ2v) is 14.1. The van der Waals surface area contributed by atoms with E-state index in [9.17, 15) is 18.4 Å². The van der Waals surface area contributed by atoms with Gasteiger partial charge in [-0.25, -0.2) is 13.6 Å². The predicted octanol–water partition coefficient (Wildman–Crippen LogP) is 6.59. The van der Waals surface area contributed by atoms with E-state index < -0.39 is 11.6 Å².